The Labute approximate surface area is 84.9 Å². The fraction of sp³-hybridized carbons (Fsp3) is 1.00. The summed E-state index contributed by atoms with van der Waals surface area (Å²) >= 11 is -0.615. The molecule has 1 aliphatic rings. The Bertz CT molecular complexity index is 135. The van der Waals surface area contributed by atoms with Gasteiger partial charge in [-0.05, 0) is 39.8 Å². The van der Waals surface area contributed by atoms with Crippen LogP contribution in [0.4, 0.5) is 0 Å². The summed E-state index contributed by atoms with van der Waals surface area (Å²) in [4.78, 5) is 2.45. The molecule has 13 heavy (non-hydrogen) atoms. The molecule has 0 aromatic carbocycles. The lowest BCUT2D eigenvalue weighted by Gasteiger charge is -2.27. The van der Waals surface area contributed by atoms with Gasteiger partial charge in [-0.1, -0.05) is 17.6 Å². The van der Waals surface area contributed by atoms with Crippen molar-refractivity contribution in [1.29, 1.82) is 0 Å². The molecule has 1 saturated heterocycles. The van der Waals surface area contributed by atoms with Gasteiger partial charge in [0.25, 0.3) is 0 Å². The van der Waals surface area contributed by atoms with Gasteiger partial charge in [0.15, 0.2) is 0 Å². The third kappa shape index (κ3) is 4.34. The lowest BCUT2D eigenvalue weighted by molar-refractivity contribution is 0.241. The van der Waals surface area contributed by atoms with E-state index in [4.69, 9.17) is 0 Å². The molecule has 1 rings (SSSR count). The second-order valence-corrected chi connectivity index (χ2v) is 6.15. The molecular weight excluding hydrogens is 182 g/mol. The molecule has 2 nitrogen and oxygen atoms in total. The molecule has 1 heterocycles. The van der Waals surface area contributed by atoms with Crippen LogP contribution < -0.4 is 0 Å². The largest absolute Gasteiger partial charge is 0.616 e. The van der Waals surface area contributed by atoms with Crippen LogP contribution in [-0.2, 0) is 11.2 Å². The van der Waals surface area contributed by atoms with Crippen molar-refractivity contribution in [2.45, 2.75) is 38.4 Å². The van der Waals surface area contributed by atoms with Crippen LogP contribution in [0.5, 0.6) is 0 Å². The maximum Gasteiger partial charge on any atom is 0.118 e. The summed E-state index contributed by atoms with van der Waals surface area (Å²) in [6.45, 7) is 7.54. The first kappa shape index (κ1) is 11.3. The molecule has 1 atom stereocenters. The molecule has 0 amide bonds. The monoisotopic (exact) mass is 203 g/mol. The van der Waals surface area contributed by atoms with E-state index in [-0.39, 0.29) is 0 Å². The predicted molar refractivity (Wildman–Crippen MR) is 58.4 cm³/mol. The van der Waals surface area contributed by atoms with Gasteiger partial charge in [-0.3, -0.25) is 4.90 Å². The SMILES string of the molecule is CC(C)[S+]([O-])CCN1CCCCC1. The molecule has 0 aromatic rings. The van der Waals surface area contributed by atoms with Crippen molar-refractivity contribution >= 4 is 11.2 Å². The van der Waals surface area contributed by atoms with Crippen molar-refractivity contribution in [3.63, 3.8) is 0 Å². The molecule has 1 aliphatic heterocycles. The van der Waals surface area contributed by atoms with Crippen molar-refractivity contribution < 1.29 is 4.55 Å². The molecule has 0 aliphatic carbocycles. The zero-order valence-corrected chi connectivity index (χ0v) is 9.61. The molecule has 3 heteroatoms. The highest BCUT2D eigenvalue weighted by atomic mass is 32.2. The second kappa shape index (κ2) is 5.89. The molecular formula is C10H21NOS. The van der Waals surface area contributed by atoms with Gasteiger partial charge in [-0.15, -0.1) is 0 Å². The van der Waals surface area contributed by atoms with Crippen LogP contribution in [0, 0.1) is 0 Å². The van der Waals surface area contributed by atoms with Gasteiger partial charge in [0, 0.05) is 6.54 Å². The van der Waals surface area contributed by atoms with Crippen LogP contribution in [0.15, 0.2) is 0 Å². The van der Waals surface area contributed by atoms with Crippen LogP contribution >= 0.6 is 0 Å². The van der Waals surface area contributed by atoms with Crippen LogP contribution in [0.1, 0.15) is 33.1 Å². The number of likely N-dealkylation sites (tertiary alicyclic amines) is 1. The molecule has 0 radical (unpaired) electrons. The molecule has 1 fully saturated rings. The smallest absolute Gasteiger partial charge is 0.118 e. The Kier molecular flexibility index (Phi) is 5.14. The van der Waals surface area contributed by atoms with E-state index in [1.165, 1.54) is 32.4 Å². The molecule has 0 N–H and O–H groups in total. The zero-order valence-electron chi connectivity index (χ0n) is 8.79. The number of piperidine rings is 1. The summed E-state index contributed by atoms with van der Waals surface area (Å²) in [6, 6.07) is 0. The average Bonchev–Trinajstić information content (AvgIpc) is 2.15. The van der Waals surface area contributed by atoms with Gasteiger partial charge in [0.2, 0.25) is 0 Å². The second-order valence-electron chi connectivity index (χ2n) is 4.04. The lowest BCUT2D eigenvalue weighted by Crippen LogP contribution is -2.35. The quantitative estimate of drug-likeness (QED) is 0.649. The van der Waals surface area contributed by atoms with Gasteiger partial charge >= 0.3 is 0 Å². The third-order valence-corrected chi connectivity index (χ3v) is 4.22. The standard InChI is InChI=1S/C10H21NOS/c1-10(2)13(12)9-8-11-6-4-3-5-7-11/h10H,3-9H2,1-2H3. The molecule has 0 saturated carbocycles. The summed E-state index contributed by atoms with van der Waals surface area (Å²) < 4.78 is 11.5. The maximum atomic E-state index is 11.5. The van der Waals surface area contributed by atoms with Gasteiger partial charge in [0.05, 0.1) is 0 Å². The topological polar surface area (TPSA) is 26.3 Å². The number of nitrogens with zero attached hydrogens (tertiary/aromatic N) is 1. The Balaban J connectivity index is 2.10. The highest BCUT2D eigenvalue weighted by Crippen LogP contribution is 2.09. The van der Waals surface area contributed by atoms with E-state index in [0.29, 0.717) is 5.25 Å². The Morgan fingerprint density at radius 3 is 2.38 bits per heavy atom. The number of hydrogen-bond acceptors (Lipinski definition) is 2. The maximum absolute atomic E-state index is 11.5. The summed E-state index contributed by atoms with van der Waals surface area (Å²) in [5.41, 5.74) is 0. The molecule has 0 spiro atoms. The molecule has 0 aromatic heterocycles. The summed E-state index contributed by atoms with van der Waals surface area (Å²) in [7, 11) is 0. The van der Waals surface area contributed by atoms with Crippen LogP contribution in [-0.4, -0.2) is 40.1 Å². The van der Waals surface area contributed by atoms with Crippen molar-refractivity contribution in [3.05, 3.63) is 0 Å². The minimum Gasteiger partial charge on any atom is -0.616 e. The van der Waals surface area contributed by atoms with E-state index in [0.717, 1.165) is 12.3 Å². The van der Waals surface area contributed by atoms with E-state index in [1.807, 2.05) is 13.8 Å². The van der Waals surface area contributed by atoms with Gasteiger partial charge in [-0.2, -0.15) is 0 Å². The fourth-order valence-electron chi connectivity index (χ4n) is 1.64. The first-order valence-corrected chi connectivity index (χ1v) is 6.68. The minimum atomic E-state index is -0.615. The minimum absolute atomic E-state index is 0.324. The first-order chi connectivity index (χ1) is 6.20. The van der Waals surface area contributed by atoms with Crippen molar-refractivity contribution in [1.82, 2.24) is 4.90 Å². The summed E-state index contributed by atoms with van der Waals surface area (Å²) in [5.74, 6) is 0.859. The average molecular weight is 203 g/mol. The van der Waals surface area contributed by atoms with Crippen molar-refractivity contribution in [2.75, 3.05) is 25.4 Å². The Morgan fingerprint density at radius 1 is 1.23 bits per heavy atom. The van der Waals surface area contributed by atoms with Crippen molar-refractivity contribution in [3.8, 4) is 0 Å². The predicted octanol–water partition coefficient (Wildman–Crippen LogP) is 1.63. The molecule has 1 unspecified atom stereocenters. The summed E-state index contributed by atoms with van der Waals surface area (Å²) in [5, 5.41) is 0.324. The normalized spacial score (nSPS) is 22.2. The van der Waals surface area contributed by atoms with Crippen LogP contribution in [0.3, 0.4) is 0 Å². The van der Waals surface area contributed by atoms with E-state index in [2.05, 4.69) is 4.90 Å². The number of hydrogen-bond donors (Lipinski definition) is 0. The van der Waals surface area contributed by atoms with Crippen LogP contribution in [0.2, 0.25) is 0 Å². The molecule has 0 bridgehead atoms. The first-order valence-electron chi connectivity index (χ1n) is 5.29. The third-order valence-electron chi connectivity index (χ3n) is 2.58. The molecule has 78 valence electrons. The lowest BCUT2D eigenvalue weighted by atomic mass is 10.1. The Morgan fingerprint density at radius 2 is 1.85 bits per heavy atom. The van der Waals surface area contributed by atoms with E-state index in [1.54, 1.807) is 0 Å². The highest BCUT2D eigenvalue weighted by Gasteiger charge is 2.15. The summed E-state index contributed by atoms with van der Waals surface area (Å²) in [6.07, 6.45) is 4.03. The van der Waals surface area contributed by atoms with Crippen molar-refractivity contribution in [2.24, 2.45) is 0 Å². The highest BCUT2D eigenvalue weighted by molar-refractivity contribution is 7.91. The van der Waals surface area contributed by atoms with E-state index >= 15 is 0 Å². The van der Waals surface area contributed by atoms with Gasteiger partial charge in [0.1, 0.15) is 11.0 Å². The fourth-order valence-corrected chi connectivity index (χ4v) is 2.55. The van der Waals surface area contributed by atoms with E-state index < -0.39 is 11.2 Å². The zero-order chi connectivity index (χ0) is 9.68. The van der Waals surface area contributed by atoms with Gasteiger partial charge in [-0.25, -0.2) is 0 Å². The van der Waals surface area contributed by atoms with Gasteiger partial charge < -0.3 is 4.55 Å². The van der Waals surface area contributed by atoms with E-state index in [9.17, 15) is 4.55 Å². The Hall–Kier alpha value is 0.270. The van der Waals surface area contributed by atoms with Crippen LogP contribution in [0.25, 0.3) is 0 Å². The number of rotatable bonds is 4.